The lowest BCUT2D eigenvalue weighted by Crippen LogP contribution is -2.82. The van der Waals surface area contributed by atoms with E-state index in [1.807, 2.05) is 67.3 Å². The van der Waals surface area contributed by atoms with Gasteiger partial charge in [-0.15, -0.1) is 5.10 Å². The number of nitrogens with zero attached hydrogens (tertiary/aromatic N) is 5. The number of aromatic nitrogens is 4. The molecule has 2 aromatic carbocycles. The quantitative estimate of drug-likeness (QED) is 0.0120. The molecule has 0 radical (unpaired) electrons. The van der Waals surface area contributed by atoms with E-state index in [2.05, 4.69) is 51.2 Å². The molecule has 12 atom stereocenters. The zero-order valence-corrected chi connectivity index (χ0v) is 54.7. The molecule has 3 fully saturated rings. The molecule has 4 aromatic rings. The smallest absolute Gasteiger partial charge is 0.426 e. The van der Waals surface area contributed by atoms with E-state index < -0.39 is 116 Å². The van der Waals surface area contributed by atoms with Crippen LogP contribution in [0.3, 0.4) is 0 Å². The number of benzene rings is 2. The Morgan fingerprint density at radius 3 is 2.46 bits per heavy atom. The number of H-pyrrole nitrogens is 1. The van der Waals surface area contributed by atoms with E-state index in [4.69, 9.17) is 18.8 Å². The third-order valence-electron chi connectivity index (χ3n) is 19.9. The summed E-state index contributed by atoms with van der Waals surface area (Å²) >= 11 is 0. The van der Waals surface area contributed by atoms with Gasteiger partial charge in [-0.1, -0.05) is 77.9 Å². The molecule has 2 aromatic heterocycles. The van der Waals surface area contributed by atoms with Crippen molar-refractivity contribution in [1.82, 2.24) is 51.7 Å². The number of hydrogen-bond donors (Lipinski definition) is 11. The molecule has 2 saturated carbocycles. The van der Waals surface area contributed by atoms with E-state index in [1.165, 1.54) is 25.1 Å². The average molecular weight is 1340 g/mol. The standard InChI is InChI=1S/C61H83N11O17S3/c1-7-13-47(73)63-43(27-37-33-72(69-66-37)22-23-89-92(83,84)85)49(74)65-44(50(75)76)34-91-90-25-24-88-56(80)68-67-54(78)61(82)52-59(18-21-71-20-12-17-58(9-3,51(59)71)53(61)77)40-28-41(46(86-5)29-45(40)70(52)4)60(55(79)87-6)36-26-35(30-57(81,8-2)31-36)32-62-19-16-39-38-14-10-11-15-42(38)64-48(39)60/h10-12,14-15,17,28-29,33,35-36,43-44,51-53,62,64,77,81-82H,7-9,13,16,18-27,30-32,34H2,1-6H3,(H,63,73)(H,65,74)(H,67,78)(H,68,80)(H,75,76)(H,83,84,85)/t35-,36?,43-,44+,51-,52+,53+,57-,58+,59+,60-,61-/m0/s1. The molecule has 4 amide bonds. The number of fused-ring (bicyclic) bond motifs is 6. The van der Waals surface area contributed by atoms with Crippen molar-refractivity contribution in [1.29, 1.82) is 0 Å². The number of anilines is 1. The summed E-state index contributed by atoms with van der Waals surface area (Å²) in [6, 6.07) is 7.39. The second-order valence-corrected chi connectivity index (χ2v) is 28.7. The predicted molar refractivity (Wildman–Crippen MR) is 339 cm³/mol. The summed E-state index contributed by atoms with van der Waals surface area (Å²) in [5, 5.41) is 66.7. The largest absolute Gasteiger partial charge is 0.496 e. The number of carboxylic acids is 1. The first-order valence-electron chi connectivity index (χ1n) is 31.1. The Morgan fingerprint density at radius 2 is 1.74 bits per heavy atom. The summed E-state index contributed by atoms with van der Waals surface area (Å²) in [6.07, 6.45) is 5.73. The number of aromatic amines is 1. The van der Waals surface area contributed by atoms with Crippen LogP contribution in [0, 0.1) is 17.3 Å². The molecule has 92 heavy (non-hydrogen) atoms. The Kier molecular flexibility index (Phi) is 20.4. The number of para-hydroxylation sites is 1. The molecular weight excluding hydrogens is 1250 g/mol. The van der Waals surface area contributed by atoms with Crippen molar-refractivity contribution in [3.63, 3.8) is 0 Å². The number of esters is 1. The Bertz CT molecular complexity index is 3590. The van der Waals surface area contributed by atoms with Crippen molar-refractivity contribution in [2.75, 3.05) is 77.1 Å². The SMILES string of the molecule is CCCC(=O)N[C@@H](Cc1cn(CCOS(=O)(=O)O)nn1)C(=O)N[C@H](CSSCCOC(=O)NNC(=O)[C@@]1(O)[C@H](O)[C@]2(CC)C=CCN3CC[C@@]4(c5cc([C@]6(C(=O)OC)c7[nH]c8ccccc8c7CCNC[C@H]7CC6C[C@](O)(CC)C7)c(OC)cc5N(C)[C@@H]14)[C@@H]32)C(=O)O. The van der Waals surface area contributed by atoms with Crippen molar-refractivity contribution in [2.24, 2.45) is 17.3 Å². The molecule has 2 bridgehead atoms. The van der Waals surface area contributed by atoms with E-state index in [1.54, 1.807) is 14.0 Å². The number of carboxylic acid groups (broad SMARTS) is 1. The topological polar surface area (TPSA) is 388 Å². The normalized spacial score (nSPS) is 28.8. The Hall–Kier alpha value is -6.55. The molecule has 1 saturated heterocycles. The highest BCUT2D eigenvalue weighted by Crippen LogP contribution is 2.68. The van der Waals surface area contributed by atoms with Crippen molar-refractivity contribution >= 4 is 84.3 Å². The Labute approximate surface area is 540 Å². The van der Waals surface area contributed by atoms with Gasteiger partial charge in [0, 0.05) is 94.9 Å². The van der Waals surface area contributed by atoms with Gasteiger partial charge in [0.15, 0.2) is 5.60 Å². The number of nitrogens with one attached hydrogen (secondary N) is 6. The van der Waals surface area contributed by atoms with E-state index >= 15 is 9.59 Å². The minimum absolute atomic E-state index is 0.0122. The van der Waals surface area contributed by atoms with Gasteiger partial charge in [0.25, 0.3) is 5.91 Å². The number of amides is 4. The molecule has 31 heteroatoms. The van der Waals surface area contributed by atoms with Crippen LogP contribution in [-0.4, -0.2) is 208 Å². The molecule has 1 unspecified atom stereocenters. The summed E-state index contributed by atoms with van der Waals surface area (Å²) in [7, 11) is 2.14. The molecule has 6 aliphatic rings. The Balaban J connectivity index is 0.878. The number of methoxy groups -OCH3 is 2. The molecule has 1 spiro atoms. The van der Waals surface area contributed by atoms with Crippen LogP contribution in [0.4, 0.5) is 10.5 Å². The van der Waals surface area contributed by atoms with Crippen LogP contribution in [0.25, 0.3) is 10.9 Å². The van der Waals surface area contributed by atoms with Crippen LogP contribution in [0.5, 0.6) is 5.75 Å². The van der Waals surface area contributed by atoms with Gasteiger partial charge in [-0.3, -0.25) is 34.1 Å². The van der Waals surface area contributed by atoms with Crippen LogP contribution in [0.15, 0.2) is 54.7 Å². The van der Waals surface area contributed by atoms with Gasteiger partial charge in [0.2, 0.25) is 11.8 Å². The van der Waals surface area contributed by atoms with Crippen molar-refractivity contribution in [3.8, 4) is 5.75 Å². The van der Waals surface area contributed by atoms with Crippen LogP contribution in [0.1, 0.15) is 100 Å². The minimum atomic E-state index is -4.70. The van der Waals surface area contributed by atoms with E-state index in [0.29, 0.717) is 87.4 Å². The zero-order valence-electron chi connectivity index (χ0n) is 52.3. The highest BCUT2D eigenvalue weighted by Gasteiger charge is 2.79. The number of hydrazine groups is 1. The number of carbonyl (C=O) groups excluding carboxylic acids is 5. The van der Waals surface area contributed by atoms with Crippen LogP contribution >= 0.6 is 21.6 Å². The van der Waals surface area contributed by atoms with Gasteiger partial charge < -0.3 is 60.5 Å². The van der Waals surface area contributed by atoms with Crippen molar-refractivity contribution in [2.45, 2.75) is 144 Å². The molecule has 2 aliphatic carbocycles. The number of aliphatic hydroxyl groups excluding tert-OH is 1. The average Bonchev–Trinajstić information content (AvgIpc) is 1.45. The zero-order chi connectivity index (χ0) is 66.1. The number of hydrogen-bond acceptors (Lipinski definition) is 22. The highest BCUT2D eigenvalue weighted by molar-refractivity contribution is 8.76. The van der Waals surface area contributed by atoms with Gasteiger partial charge in [-0.25, -0.2) is 23.9 Å². The lowest BCUT2D eigenvalue weighted by molar-refractivity contribution is -0.204. The lowest BCUT2D eigenvalue weighted by atomic mass is 9.47. The van der Waals surface area contributed by atoms with Gasteiger partial charge in [-0.05, 0) is 106 Å². The fourth-order valence-corrected chi connectivity index (χ4v) is 18.4. The third kappa shape index (κ3) is 12.5. The minimum Gasteiger partial charge on any atom is -0.496 e. The number of rotatable bonds is 24. The lowest BCUT2D eigenvalue weighted by Gasteiger charge is -2.63. The first kappa shape index (κ1) is 68.3. The predicted octanol–water partition coefficient (Wildman–Crippen LogP) is 2.19. The number of likely N-dealkylation sites (N-methyl/N-ethyl adjacent to an activating group) is 1. The summed E-state index contributed by atoms with van der Waals surface area (Å²) in [4.78, 5) is 90.9. The number of ether oxygens (including phenoxy) is 3. The van der Waals surface area contributed by atoms with Crippen LogP contribution < -0.4 is 36.4 Å². The monoisotopic (exact) mass is 1340 g/mol. The number of carbonyl (C=O) groups is 6. The van der Waals surface area contributed by atoms with Gasteiger partial charge in [-0.2, -0.15) is 8.42 Å². The summed E-state index contributed by atoms with van der Waals surface area (Å²) in [5.41, 5.74) is 1.26. The van der Waals surface area contributed by atoms with E-state index in [0.717, 1.165) is 43.6 Å². The highest BCUT2D eigenvalue weighted by atomic mass is 33.1. The Morgan fingerprint density at radius 1 is 0.957 bits per heavy atom. The molecule has 4 aliphatic heterocycles. The molecular formula is C61H83N11O17S3. The molecule has 6 heterocycles. The maximum Gasteiger partial charge on any atom is 0.426 e. The third-order valence-corrected chi connectivity index (χ3v) is 22.8. The van der Waals surface area contributed by atoms with Crippen molar-refractivity contribution in [3.05, 3.63) is 82.8 Å². The van der Waals surface area contributed by atoms with Gasteiger partial charge in [0.05, 0.1) is 44.7 Å². The van der Waals surface area contributed by atoms with Gasteiger partial charge >= 0.3 is 28.4 Å². The molecule has 10 rings (SSSR count). The van der Waals surface area contributed by atoms with Crippen LogP contribution in [-0.2, 0) is 78.2 Å². The first-order chi connectivity index (χ1) is 43.9. The van der Waals surface area contributed by atoms with Crippen molar-refractivity contribution < 1.29 is 80.6 Å². The maximum atomic E-state index is 15.8. The number of aliphatic carboxylic acids is 1. The summed E-state index contributed by atoms with van der Waals surface area (Å²) in [6.45, 7) is 7.05. The molecule has 11 N–H and O–H groups in total. The summed E-state index contributed by atoms with van der Waals surface area (Å²) in [5.74, 6) is -4.62. The molecule has 28 nitrogen and oxygen atoms in total. The number of aliphatic hydroxyl groups is 3. The fraction of sp³-hybridized carbons (Fsp3) is 0.607. The van der Waals surface area contributed by atoms with E-state index in [-0.39, 0.29) is 62.0 Å². The van der Waals surface area contributed by atoms with E-state index in [9.17, 15) is 48.0 Å². The van der Waals surface area contributed by atoms with Gasteiger partial charge in [0.1, 0.15) is 36.0 Å². The summed E-state index contributed by atoms with van der Waals surface area (Å²) < 4.78 is 54.1. The maximum absolute atomic E-state index is 15.8. The fourth-order valence-electron chi connectivity index (χ4n) is 16.1. The first-order valence-corrected chi connectivity index (χ1v) is 34.9. The second-order valence-electron chi connectivity index (χ2n) is 24.9. The second kappa shape index (κ2) is 27.4. The molecule has 502 valence electrons. The van der Waals surface area contributed by atoms with Crippen LogP contribution in [0.2, 0.25) is 0 Å².